The molecule has 0 unspecified atom stereocenters. The molecule has 122 valence electrons. The van der Waals surface area contributed by atoms with Gasteiger partial charge in [0.1, 0.15) is 0 Å². The molecule has 1 aliphatic carbocycles. The van der Waals surface area contributed by atoms with E-state index < -0.39 is 15.9 Å². The molecule has 0 saturated heterocycles. The van der Waals surface area contributed by atoms with Crippen molar-refractivity contribution >= 4 is 15.9 Å². The number of aryl methyl sites for hydroxylation is 1. The lowest BCUT2D eigenvalue weighted by molar-refractivity contribution is -0.129. The number of rotatable bonds is 6. The van der Waals surface area contributed by atoms with Crippen LogP contribution in [-0.2, 0) is 14.8 Å². The normalized spacial score (nSPS) is 16.1. The zero-order valence-corrected chi connectivity index (χ0v) is 13.5. The van der Waals surface area contributed by atoms with Crippen molar-refractivity contribution in [3.8, 4) is 0 Å². The lowest BCUT2D eigenvalue weighted by atomic mass is 10.1. The predicted octanol–water partition coefficient (Wildman–Crippen LogP) is 1.68. The molecular weight excluding hydrogens is 304 g/mol. The maximum Gasteiger partial charge on any atom is 0.258 e. The van der Waals surface area contributed by atoms with Crippen LogP contribution >= 0.6 is 0 Å². The van der Waals surface area contributed by atoms with Crippen molar-refractivity contribution in [1.82, 2.24) is 9.79 Å². The van der Waals surface area contributed by atoms with E-state index >= 15 is 0 Å². The SMILES string of the molecule is Cc1ccc(S(=O)(=O)N(CC(=O)NO)CC2CCCC2)cc1. The van der Waals surface area contributed by atoms with Crippen molar-refractivity contribution in [2.45, 2.75) is 37.5 Å². The second-order valence-electron chi connectivity index (χ2n) is 5.80. The molecule has 7 heteroatoms. The van der Waals surface area contributed by atoms with Gasteiger partial charge in [-0.1, -0.05) is 30.5 Å². The Bertz CT molecular complexity index is 607. The van der Waals surface area contributed by atoms with Crippen molar-refractivity contribution in [3.63, 3.8) is 0 Å². The highest BCUT2D eigenvalue weighted by Crippen LogP contribution is 2.27. The summed E-state index contributed by atoms with van der Waals surface area (Å²) in [5.41, 5.74) is 2.48. The molecular formula is C15H22N2O4S. The Labute approximate surface area is 131 Å². The molecule has 1 saturated carbocycles. The third kappa shape index (κ3) is 4.06. The standard InChI is InChI=1S/C15H22N2O4S/c1-12-6-8-14(9-7-12)22(20,21)17(11-15(18)16-19)10-13-4-2-3-5-13/h6-9,13,19H,2-5,10-11H2,1H3,(H,16,18). The first-order chi connectivity index (χ1) is 10.4. The van der Waals surface area contributed by atoms with Crippen LogP contribution in [0.5, 0.6) is 0 Å². The molecule has 0 aromatic heterocycles. The van der Waals surface area contributed by atoms with Gasteiger partial charge < -0.3 is 0 Å². The molecule has 6 nitrogen and oxygen atoms in total. The maximum atomic E-state index is 12.7. The van der Waals surface area contributed by atoms with Crippen LogP contribution in [0.1, 0.15) is 31.2 Å². The lowest BCUT2D eigenvalue weighted by Gasteiger charge is -2.24. The Morgan fingerprint density at radius 2 is 1.86 bits per heavy atom. The zero-order chi connectivity index (χ0) is 16.2. The summed E-state index contributed by atoms with van der Waals surface area (Å²) in [6.45, 7) is 1.82. The van der Waals surface area contributed by atoms with Crippen molar-refractivity contribution in [2.75, 3.05) is 13.1 Å². The highest BCUT2D eigenvalue weighted by molar-refractivity contribution is 7.89. The molecule has 0 radical (unpaired) electrons. The number of hydroxylamine groups is 1. The molecule has 0 atom stereocenters. The summed E-state index contributed by atoms with van der Waals surface area (Å²) in [7, 11) is -3.75. The molecule has 2 rings (SSSR count). The van der Waals surface area contributed by atoms with Gasteiger partial charge in [-0.3, -0.25) is 10.0 Å². The predicted molar refractivity (Wildman–Crippen MR) is 81.8 cm³/mol. The van der Waals surface area contributed by atoms with Gasteiger partial charge in [0, 0.05) is 6.54 Å². The Hall–Kier alpha value is -1.44. The molecule has 1 fully saturated rings. The molecule has 0 bridgehead atoms. The van der Waals surface area contributed by atoms with E-state index in [1.54, 1.807) is 24.3 Å². The fourth-order valence-corrected chi connectivity index (χ4v) is 4.26. The number of hydrogen-bond donors (Lipinski definition) is 2. The van der Waals surface area contributed by atoms with Gasteiger partial charge in [0.25, 0.3) is 5.91 Å². The van der Waals surface area contributed by atoms with E-state index in [1.807, 2.05) is 6.92 Å². The highest BCUT2D eigenvalue weighted by atomic mass is 32.2. The van der Waals surface area contributed by atoms with E-state index in [2.05, 4.69) is 0 Å². The van der Waals surface area contributed by atoms with Gasteiger partial charge in [0.2, 0.25) is 10.0 Å². The first-order valence-corrected chi connectivity index (χ1v) is 8.87. The third-order valence-corrected chi connectivity index (χ3v) is 5.87. The number of benzene rings is 1. The number of sulfonamides is 1. The number of amides is 1. The molecule has 1 aromatic carbocycles. The number of nitrogens with zero attached hydrogens (tertiary/aromatic N) is 1. The second-order valence-corrected chi connectivity index (χ2v) is 7.73. The summed E-state index contributed by atoms with van der Waals surface area (Å²) < 4.78 is 26.7. The van der Waals surface area contributed by atoms with E-state index in [1.165, 1.54) is 9.79 Å². The van der Waals surface area contributed by atoms with Gasteiger partial charge >= 0.3 is 0 Å². The Morgan fingerprint density at radius 3 is 2.41 bits per heavy atom. The first-order valence-electron chi connectivity index (χ1n) is 7.43. The number of hydrogen-bond acceptors (Lipinski definition) is 4. The summed E-state index contributed by atoms with van der Waals surface area (Å²) in [5.74, 6) is -0.458. The van der Waals surface area contributed by atoms with Crippen LogP contribution in [0.3, 0.4) is 0 Å². The monoisotopic (exact) mass is 326 g/mol. The van der Waals surface area contributed by atoms with Gasteiger partial charge in [-0.05, 0) is 37.8 Å². The minimum atomic E-state index is -3.75. The molecule has 0 heterocycles. The van der Waals surface area contributed by atoms with E-state index in [0.717, 1.165) is 31.2 Å². The average molecular weight is 326 g/mol. The van der Waals surface area contributed by atoms with Gasteiger partial charge in [-0.15, -0.1) is 0 Å². The summed E-state index contributed by atoms with van der Waals surface area (Å²) in [5, 5.41) is 8.70. The minimum Gasteiger partial charge on any atom is -0.289 e. The van der Waals surface area contributed by atoms with Gasteiger partial charge in [-0.2, -0.15) is 4.31 Å². The molecule has 1 aromatic rings. The molecule has 22 heavy (non-hydrogen) atoms. The van der Waals surface area contributed by atoms with E-state index in [4.69, 9.17) is 5.21 Å². The van der Waals surface area contributed by atoms with Crippen molar-refractivity contribution < 1.29 is 18.4 Å². The molecule has 1 amide bonds. The summed E-state index contributed by atoms with van der Waals surface area (Å²) >= 11 is 0. The second kappa shape index (κ2) is 7.21. The smallest absolute Gasteiger partial charge is 0.258 e. The van der Waals surface area contributed by atoms with Crippen LogP contribution in [-0.4, -0.2) is 36.9 Å². The third-order valence-electron chi connectivity index (χ3n) is 4.04. The van der Waals surface area contributed by atoms with Crippen LogP contribution in [0, 0.1) is 12.8 Å². The fraction of sp³-hybridized carbons (Fsp3) is 0.533. The van der Waals surface area contributed by atoms with E-state index in [9.17, 15) is 13.2 Å². The van der Waals surface area contributed by atoms with Crippen molar-refractivity contribution in [1.29, 1.82) is 0 Å². The van der Waals surface area contributed by atoms with E-state index in [0.29, 0.717) is 6.54 Å². The largest absolute Gasteiger partial charge is 0.289 e. The van der Waals surface area contributed by atoms with Crippen LogP contribution in [0.2, 0.25) is 0 Å². The van der Waals surface area contributed by atoms with Gasteiger partial charge in [-0.25, -0.2) is 13.9 Å². The molecule has 1 aliphatic rings. The lowest BCUT2D eigenvalue weighted by Crippen LogP contribution is -2.42. The molecule has 2 N–H and O–H groups in total. The summed E-state index contributed by atoms with van der Waals surface area (Å²) in [6.07, 6.45) is 4.13. The average Bonchev–Trinajstić information content (AvgIpc) is 3.00. The Morgan fingerprint density at radius 1 is 1.27 bits per heavy atom. The van der Waals surface area contributed by atoms with Gasteiger partial charge in [0.15, 0.2) is 0 Å². The van der Waals surface area contributed by atoms with Crippen molar-refractivity contribution in [2.24, 2.45) is 5.92 Å². The van der Waals surface area contributed by atoms with Crippen molar-refractivity contribution in [3.05, 3.63) is 29.8 Å². The fourth-order valence-electron chi connectivity index (χ4n) is 2.78. The number of carbonyl (C=O) groups is 1. The van der Waals surface area contributed by atoms with Crippen LogP contribution in [0.15, 0.2) is 29.2 Å². The maximum absolute atomic E-state index is 12.7. The van der Waals surface area contributed by atoms with Crippen LogP contribution < -0.4 is 5.48 Å². The summed E-state index contributed by atoms with van der Waals surface area (Å²) in [6, 6.07) is 6.55. The van der Waals surface area contributed by atoms with Gasteiger partial charge in [0.05, 0.1) is 11.4 Å². The van der Waals surface area contributed by atoms with E-state index in [-0.39, 0.29) is 17.4 Å². The Balaban J connectivity index is 2.24. The topological polar surface area (TPSA) is 86.7 Å². The van der Waals surface area contributed by atoms with Crippen LogP contribution in [0.25, 0.3) is 0 Å². The summed E-state index contributed by atoms with van der Waals surface area (Å²) in [4.78, 5) is 11.6. The van der Waals surface area contributed by atoms with Crippen LogP contribution in [0.4, 0.5) is 0 Å². The highest BCUT2D eigenvalue weighted by Gasteiger charge is 2.30. The quantitative estimate of drug-likeness (QED) is 0.615. The minimum absolute atomic E-state index is 0.168. The number of nitrogens with one attached hydrogen (secondary N) is 1. The Kier molecular flexibility index (Phi) is 5.55. The zero-order valence-electron chi connectivity index (χ0n) is 12.7. The number of carbonyl (C=O) groups excluding carboxylic acids is 1. The molecule has 0 spiro atoms. The first kappa shape index (κ1) is 16.9. The molecule has 0 aliphatic heterocycles.